The third kappa shape index (κ3) is 4.80. The summed E-state index contributed by atoms with van der Waals surface area (Å²) in [5.41, 5.74) is 0. The van der Waals surface area contributed by atoms with E-state index < -0.39 is 10.5 Å². The Morgan fingerprint density at radius 1 is 1.73 bits per heavy atom. The van der Waals surface area contributed by atoms with Gasteiger partial charge in [-0.3, -0.25) is 0 Å². The van der Waals surface area contributed by atoms with Gasteiger partial charge in [0.15, 0.2) is 0 Å². The molecule has 4 nitrogen and oxygen atoms in total. The van der Waals surface area contributed by atoms with E-state index in [0.29, 0.717) is 6.42 Å². The molecular formula is C9H16NO3SSi. The van der Waals surface area contributed by atoms with Crippen molar-refractivity contribution in [3.05, 3.63) is 0 Å². The minimum absolute atomic E-state index is 0.00926. The van der Waals surface area contributed by atoms with Gasteiger partial charge in [0.25, 0.3) is 0 Å². The van der Waals surface area contributed by atoms with E-state index in [0.717, 1.165) is 6.42 Å². The first-order chi connectivity index (χ1) is 7.02. The fourth-order valence-corrected chi connectivity index (χ4v) is 2.87. The lowest BCUT2D eigenvalue weighted by molar-refractivity contribution is 0.0852. The molecule has 2 atom stereocenters. The van der Waals surface area contributed by atoms with Gasteiger partial charge in [-0.2, -0.15) is 17.9 Å². The zero-order valence-corrected chi connectivity index (χ0v) is 10.8. The molecule has 0 aromatic rings. The molecule has 0 rings (SSSR count). The highest BCUT2D eigenvalue weighted by atomic mass is 32.1. The Morgan fingerprint density at radius 2 is 2.33 bits per heavy atom. The first kappa shape index (κ1) is 14.6. The number of methoxy groups -OCH3 is 1. The molecule has 2 N–H and O–H groups in total. The molecule has 0 saturated carbocycles. The highest BCUT2D eigenvalue weighted by Gasteiger charge is 2.25. The fraction of sp³-hybridized carbons (Fsp3) is 0.778. The molecule has 1 radical (unpaired) electrons. The molecule has 6 heteroatoms. The van der Waals surface area contributed by atoms with Gasteiger partial charge < -0.3 is 14.9 Å². The molecule has 0 fully saturated rings. The molecule has 0 bridgehead atoms. The predicted octanol–water partition coefficient (Wildman–Crippen LogP) is 0.150. The van der Waals surface area contributed by atoms with Crippen LogP contribution >= 0.6 is 12.6 Å². The Labute approximate surface area is 97.7 Å². The average molecular weight is 246 g/mol. The van der Waals surface area contributed by atoms with Gasteiger partial charge in [0.1, 0.15) is 19.6 Å². The van der Waals surface area contributed by atoms with Crippen molar-refractivity contribution in [1.82, 2.24) is 0 Å². The molecule has 0 aliphatic heterocycles. The summed E-state index contributed by atoms with van der Waals surface area (Å²) < 4.78 is 4.00. The van der Waals surface area contributed by atoms with E-state index in [2.05, 4.69) is 18.7 Å². The van der Waals surface area contributed by atoms with Gasteiger partial charge >= 0.3 is 0 Å². The molecule has 0 spiro atoms. The Balaban J connectivity index is 4.76. The Hall–Kier alpha value is -0.353. The summed E-state index contributed by atoms with van der Waals surface area (Å²) in [4.78, 5) is 0. The molecule has 0 heterocycles. The van der Waals surface area contributed by atoms with Crippen molar-refractivity contribution in [2.24, 2.45) is 0 Å². The monoisotopic (exact) mass is 246 g/mol. The van der Waals surface area contributed by atoms with Crippen LogP contribution in [0, 0.1) is 11.3 Å². The Bertz CT molecular complexity index is 263. The summed E-state index contributed by atoms with van der Waals surface area (Å²) in [6.45, 7) is 1.65. The van der Waals surface area contributed by atoms with Crippen molar-refractivity contribution >= 4 is 27.1 Å². The van der Waals surface area contributed by atoms with Crippen LogP contribution in [0.1, 0.15) is 19.8 Å². The van der Waals surface area contributed by atoms with Gasteiger partial charge in [-0.25, -0.2) is 0 Å². The fourth-order valence-electron chi connectivity index (χ4n) is 1.07. The zero-order valence-electron chi connectivity index (χ0n) is 8.90. The van der Waals surface area contributed by atoms with Crippen LogP contribution in [0.25, 0.3) is 0 Å². The highest BCUT2D eigenvalue weighted by molar-refractivity contribution is 7.83. The summed E-state index contributed by atoms with van der Waals surface area (Å²) in [6, 6.07) is 2.07. The molecule has 0 aromatic carbocycles. The summed E-state index contributed by atoms with van der Waals surface area (Å²) in [6.07, 6.45) is 0.686. The number of rotatable bonds is 6. The third-order valence-electron chi connectivity index (χ3n) is 1.89. The summed E-state index contributed by atoms with van der Waals surface area (Å²) in [7, 11) is 1.24. The lowest BCUT2D eigenvalue weighted by Gasteiger charge is -2.17. The average Bonchev–Trinajstić information content (AvgIpc) is 2.20. The van der Waals surface area contributed by atoms with E-state index in [1.54, 1.807) is 0 Å². The quantitative estimate of drug-likeness (QED) is 0.461. The number of aliphatic hydroxyl groups excluding tert-OH is 2. The third-order valence-corrected chi connectivity index (χ3v) is 3.90. The van der Waals surface area contributed by atoms with Gasteiger partial charge in [-0.05, 0) is 6.42 Å². The van der Waals surface area contributed by atoms with Crippen molar-refractivity contribution in [2.45, 2.75) is 30.2 Å². The van der Waals surface area contributed by atoms with Crippen molar-refractivity contribution in [3.8, 4) is 6.07 Å². The normalized spacial score (nSPS) is 17.9. The van der Waals surface area contributed by atoms with E-state index in [-0.39, 0.29) is 21.1 Å². The number of aliphatic hydroxyl groups is 2. The SMILES string of the molecule is CCCC(S)(C#N)[Si]=C(O)C(CO)OC. The lowest BCUT2D eigenvalue weighted by Crippen LogP contribution is -2.36. The summed E-state index contributed by atoms with van der Waals surface area (Å²) in [5, 5.41) is 27.5. The van der Waals surface area contributed by atoms with Gasteiger partial charge in [0.2, 0.25) is 0 Å². The van der Waals surface area contributed by atoms with Gasteiger partial charge in [-0.15, -0.1) is 0 Å². The summed E-state index contributed by atoms with van der Waals surface area (Å²) >= 11 is 4.24. The molecule has 0 saturated heterocycles. The van der Waals surface area contributed by atoms with Crippen LogP contribution in [-0.2, 0) is 4.74 Å². The first-order valence-corrected chi connectivity index (χ1v) is 6.09. The van der Waals surface area contributed by atoms with Crippen LogP contribution in [0.2, 0.25) is 0 Å². The maximum atomic E-state index is 9.65. The Morgan fingerprint density at radius 3 is 2.67 bits per heavy atom. The first-order valence-electron chi connectivity index (χ1n) is 4.64. The second-order valence-electron chi connectivity index (χ2n) is 3.14. The standard InChI is InChI=1S/C9H16NO3SSi/c1-3-4-9(14,6-10)15-8(12)7(5-11)13-2/h7,11-12,14H,3-5H2,1-2H3. The number of nitriles is 1. The highest BCUT2D eigenvalue weighted by Crippen LogP contribution is 2.17. The van der Waals surface area contributed by atoms with Gasteiger partial charge in [0, 0.05) is 7.11 Å². The van der Waals surface area contributed by atoms with E-state index in [4.69, 9.17) is 15.1 Å². The molecule has 2 unspecified atom stereocenters. The van der Waals surface area contributed by atoms with Gasteiger partial charge in [0.05, 0.1) is 18.0 Å². The molecular weight excluding hydrogens is 230 g/mol. The number of thiol groups is 1. The van der Waals surface area contributed by atoms with E-state index in [1.807, 2.05) is 6.92 Å². The second-order valence-corrected chi connectivity index (χ2v) is 5.94. The predicted molar refractivity (Wildman–Crippen MR) is 62.8 cm³/mol. The summed E-state index contributed by atoms with van der Waals surface area (Å²) in [5.74, 6) is 0. The van der Waals surface area contributed by atoms with Gasteiger partial charge in [-0.1, -0.05) is 13.3 Å². The molecule has 85 valence electrons. The topological polar surface area (TPSA) is 73.5 Å². The van der Waals surface area contributed by atoms with Crippen molar-refractivity contribution in [3.63, 3.8) is 0 Å². The number of nitrogens with zero attached hydrogens (tertiary/aromatic N) is 1. The largest absolute Gasteiger partial charge is 0.515 e. The molecule has 0 amide bonds. The lowest BCUT2D eigenvalue weighted by atomic mass is 10.2. The number of ether oxygens (including phenoxy) is 1. The maximum absolute atomic E-state index is 9.65. The molecule has 0 aliphatic rings. The maximum Gasteiger partial charge on any atom is 0.131 e. The van der Waals surface area contributed by atoms with E-state index in [9.17, 15) is 5.11 Å². The van der Waals surface area contributed by atoms with Crippen LogP contribution in [0.4, 0.5) is 0 Å². The second kappa shape index (κ2) is 7.01. The number of hydrogen-bond acceptors (Lipinski definition) is 5. The zero-order chi connectivity index (χ0) is 11.9. The minimum atomic E-state index is -0.856. The van der Waals surface area contributed by atoms with Crippen molar-refractivity contribution in [2.75, 3.05) is 13.7 Å². The van der Waals surface area contributed by atoms with Crippen molar-refractivity contribution in [1.29, 1.82) is 5.26 Å². The van der Waals surface area contributed by atoms with Crippen LogP contribution in [0.5, 0.6) is 0 Å². The Kier molecular flexibility index (Phi) is 6.84. The van der Waals surface area contributed by atoms with E-state index in [1.165, 1.54) is 7.11 Å². The van der Waals surface area contributed by atoms with Crippen LogP contribution in [-0.4, -0.2) is 48.9 Å². The van der Waals surface area contributed by atoms with E-state index >= 15 is 0 Å². The van der Waals surface area contributed by atoms with Crippen LogP contribution < -0.4 is 0 Å². The number of hydrogen-bond donors (Lipinski definition) is 3. The van der Waals surface area contributed by atoms with Crippen LogP contribution in [0.15, 0.2) is 0 Å². The minimum Gasteiger partial charge on any atom is -0.515 e. The van der Waals surface area contributed by atoms with Crippen molar-refractivity contribution < 1.29 is 14.9 Å². The van der Waals surface area contributed by atoms with Crippen LogP contribution in [0.3, 0.4) is 0 Å². The molecule has 0 aliphatic carbocycles. The smallest absolute Gasteiger partial charge is 0.131 e. The molecule has 15 heavy (non-hydrogen) atoms. The molecule has 0 aromatic heterocycles.